The summed E-state index contributed by atoms with van der Waals surface area (Å²) in [6, 6.07) is 27.0. The molecule has 0 atom stereocenters. The highest BCUT2D eigenvalue weighted by atomic mass is 32.1. The van der Waals surface area contributed by atoms with E-state index in [-0.39, 0.29) is 0 Å². The molecule has 6 aromatic heterocycles. The molecule has 37 heavy (non-hydrogen) atoms. The maximum absolute atomic E-state index is 2.68. The van der Waals surface area contributed by atoms with Crippen LogP contribution in [0.2, 0.25) is 0 Å². The molecular weight excluding hydrogens is 567 g/mol. The molecule has 0 N–H and O–H groups in total. The predicted molar refractivity (Wildman–Crippen MR) is 170 cm³/mol. The minimum absolute atomic E-state index is 1.11. The second kappa shape index (κ2) is 12.3. The van der Waals surface area contributed by atoms with E-state index in [9.17, 15) is 0 Å². The average Bonchev–Trinajstić information content (AvgIpc) is 3.74. The van der Waals surface area contributed by atoms with Crippen LogP contribution in [0.5, 0.6) is 0 Å². The average molecular weight is 594 g/mol. The second-order valence-corrected chi connectivity index (χ2v) is 15.2. The van der Waals surface area contributed by atoms with Crippen molar-refractivity contribution in [3.63, 3.8) is 0 Å². The van der Waals surface area contributed by atoms with Crippen molar-refractivity contribution in [1.29, 1.82) is 0 Å². The fourth-order valence-corrected chi connectivity index (χ4v) is 9.82. The van der Waals surface area contributed by atoms with Gasteiger partial charge in [0, 0.05) is 63.5 Å². The number of rotatable bonds is 12. The van der Waals surface area contributed by atoms with Crippen molar-refractivity contribution in [3.8, 4) is 29.3 Å². The highest BCUT2D eigenvalue weighted by molar-refractivity contribution is 7.22. The first kappa shape index (κ1) is 25.4. The Hall–Kier alpha value is -1.84. The molecule has 188 valence electrons. The van der Waals surface area contributed by atoms with E-state index in [1.807, 2.05) is 68.0 Å². The summed E-state index contributed by atoms with van der Waals surface area (Å²) in [7, 11) is 0. The van der Waals surface area contributed by atoms with Gasteiger partial charge < -0.3 is 4.90 Å². The summed E-state index contributed by atoms with van der Waals surface area (Å²) in [4.78, 5) is 15.5. The molecule has 0 aliphatic heterocycles. The van der Waals surface area contributed by atoms with Crippen LogP contribution >= 0.6 is 68.0 Å². The molecule has 0 saturated carbocycles. The van der Waals surface area contributed by atoms with Crippen LogP contribution in [0.1, 0.15) is 14.6 Å². The first-order valence-electron chi connectivity index (χ1n) is 12.4. The zero-order valence-electron chi connectivity index (χ0n) is 20.3. The summed E-state index contributed by atoms with van der Waals surface area (Å²) in [6.45, 7) is 3.32. The highest BCUT2D eigenvalue weighted by Crippen LogP contribution is 2.34. The van der Waals surface area contributed by atoms with Gasteiger partial charge in [-0.1, -0.05) is 18.2 Å². The summed E-state index contributed by atoms with van der Waals surface area (Å²) in [5.41, 5.74) is 0. The summed E-state index contributed by atoms with van der Waals surface area (Å²) >= 11 is 11.4. The summed E-state index contributed by atoms with van der Waals surface area (Å²) in [5, 5.41) is 6.50. The number of hydrogen-bond donors (Lipinski definition) is 0. The lowest BCUT2D eigenvalue weighted by atomic mass is 10.2. The van der Waals surface area contributed by atoms with Crippen LogP contribution in [-0.2, 0) is 19.3 Å². The Labute approximate surface area is 243 Å². The number of hydrogen-bond acceptors (Lipinski definition) is 7. The zero-order valence-corrected chi connectivity index (χ0v) is 25.2. The molecule has 0 aliphatic rings. The van der Waals surface area contributed by atoms with Crippen LogP contribution in [0.25, 0.3) is 29.3 Å². The molecule has 0 spiro atoms. The molecule has 0 aliphatic carbocycles. The van der Waals surface area contributed by atoms with Gasteiger partial charge >= 0.3 is 0 Å². The third-order valence-electron chi connectivity index (χ3n) is 6.30. The lowest BCUT2D eigenvalue weighted by Crippen LogP contribution is -2.30. The van der Waals surface area contributed by atoms with Crippen molar-refractivity contribution < 1.29 is 0 Å². The minimum atomic E-state index is 1.11. The highest BCUT2D eigenvalue weighted by Gasteiger charge is 2.12. The maximum atomic E-state index is 2.68. The maximum Gasteiger partial charge on any atom is 0.0445 e. The van der Waals surface area contributed by atoms with Gasteiger partial charge in [0.2, 0.25) is 0 Å². The van der Waals surface area contributed by atoms with Gasteiger partial charge in [0.25, 0.3) is 0 Å². The molecule has 6 aromatic rings. The van der Waals surface area contributed by atoms with E-state index in [1.165, 1.54) is 43.9 Å². The smallest absolute Gasteiger partial charge is 0.0445 e. The Bertz CT molecular complexity index is 1300. The van der Waals surface area contributed by atoms with Crippen LogP contribution in [0.3, 0.4) is 0 Å². The molecule has 0 bridgehead atoms. The van der Waals surface area contributed by atoms with Crippen molar-refractivity contribution in [1.82, 2.24) is 4.90 Å². The van der Waals surface area contributed by atoms with Gasteiger partial charge in [-0.2, -0.15) is 0 Å². The molecular formula is C30H27NS6. The van der Waals surface area contributed by atoms with Gasteiger partial charge in [0.15, 0.2) is 0 Å². The van der Waals surface area contributed by atoms with Crippen molar-refractivity contribution in [2.75, 3.05) is 19.6 Å². The van der Waals surface area contributed by atoms with E-state index < -0.39 is 0 Å². The molecule has 1 nitrogen and oxygen atoms in total. The molecule has 0 unspecified atom stereocenters. The quantitative estimate of drug-likeness (QED) is 0.136. The minimum Gasteiger partial charge on any atom is -0.302 e. The lowest BCUT2D eigenvalue weighted by molar-refractivity contribution is 0.286. The fraction of sp³-hybridized carbons (Fsp3) is 0.200. The Morgan fingerprint density at radius 2 is 0.757 bits per heavy atom. The van der Waals surface area contributed by atoms with Gasteiger partial charge in [-0.25, -0.2) is 0 Å². The summed E-state index contributed by atoms with van der Waals surface area (Å²) < 4.78 is 0. The Balaban J connectivity index is 1.10. The van der Waals surface area contributed by atoms with Gasteiger partial charge in [-0.05, 0) is 90.0 Å². The van der Waals surface area contributed by atoms with E-state index in [0.29, 0.717) is 0 Å². The Kier molecular flexibility index (Phi) is 8.49. The first-order valence-corrected chi connectivity index (χ1v) is 17.5. The van der Waals surface area contributed by atoms with Crippen LogP contribution in [0.4, 0.5) is 0 Å². The van der Waals surface area contributed by atoms with Gasteiger partial charge in [-0.15, -0.1) is 68.0 Å². The molecule has 0 aromatic carbocycles. The van der Waals surface area contributed by atoms with Gasteiger partial charge in [0.1, 0.15) is 0 Å². The van der Waals surface area contributed by atoms with Gasteiger partial charge in [-0.3, -0.25) is 0 Å². The van der Waals surface area contributed by atoms with Crippen LogP contribution < -0.4 is 0 Å². The van der Waals surface area contributed by atoms with Crippen LogP contribution in [-0.4, -0.2) is 24.5 Å². The topological polar surface area (TPSA) is 3.24 Å². The van der Waals surface area contributed by atoms with E-state index in [2.05, 4.69) is 93.8 Å². The molecule has 7 heteroatoms. The van der Waals surface area contributed by atoms with E-state index >= 15 is 0 Å². The molecule has 6 heterocycles. The van der Waals surface area contributed by atoms with Crippen molar-refractivity contribution in [2.45, 2.75) is 19.3 Å². The fourth-order valence-electron chi connectivity index (χ4n) is 4.33. The molecule has 0 saturated heterocycles. The monoisotopic (exact) mass is 593 g/mol. The summed E-state index contributed by atoms with van der Waals surface area (Å²) in [5.74, 6) is 0. The third kappa shape index (κ3) is 6.60. The second-order valence-electron chi connectivity index (χ2n) is 8.82. The standard InChI is InChI=1S/C30H27NS6/c1-4-25(32-19-1)28-10-7-22(35-28)13-16-31(17-14-23-8-11-29(36-23)26-5-2-20-33-26)18-15-24-9-12-30(37-24)27-6-3-21-34-27/h1-12,19-21H,13-18H2. The van der Waals surface area contributed by atoms with Crippen LogP contribution in [0.15, 0.2) is 88.9 Å². The zero-order chi connectivity index (χ0) is 24.9. The lowest BCUT2D eigenvalue weighted by Gasteiger charge is -2.21. The molecule has 0 radical (unpaired) electrons. The SMILES string of the molecule is c1csc(-c2ccc(CCN(CCc3ccc(-c4cccs4)s3)CCc3ccc(-c4cccs4)s3)s2)c1. The van der Waals surface area contributed by atoms with E-state index in [4.69, 9.17) is 0 Å². The summed E-state index contributed by atoms with van der Waals surface area (Å²) in [6.07, 6.45) is 3.35. The molecule has 0 fully saturated rings. The normalized spacial score (nSPS) is 11.6. The van der Waals surface area contributed by atoms with E-state index in [0.717, 1.165) is 38.9 Å². The largest absolute Gasteiger partial charge is 0.302 e. The Morgan fingerprint density at radius 1 is 0.405 bits per heavy atom. The predicted octanol–water partition coefficient (Wildman–Crippen LogP) is 10.4. The Morgan fingerprint density at radius 3 is 1.05 bits per heavy atom. The number of thiophene rings is 6. The molecule has 6 rings (SSSR count). The van der Waals surface area contributed by atoms with Crippen molar-refractivity contribution in [2.24, 2.45) is 0 Å². The number of nitrogens with zero attached hydrogens (tertiary/aromatic N) is 1. The van der Waals surface area contributed by atoms with Crippen LogP contribution in [0, 0.1) is 0 Å². The first-order chi connectivity index (χ1) is 18.3. The van der Waals surface area contributed by atoms with Crippen molar-refractivity contribution >= 4 is 68.0 Å². The van der Waals surface area contributed by atoms with E-state index in [1.54, 1.807) is 0 Å². The van der Waals surface area contributed by atoms with Crippen molar-refractivity contribution in [3.05, 3.63) is 104 Å². The van der Waals surface area contributed by atoms with Gasteiger partial charge in [0.05, 0.1) is 0 Å². The third-order valence-corrected chi connectivity index (χ3v) is 12.9. The molecule has 0 amide bonds.